The van der Waals surface area contributed by atoms with E-state index in [-0.39, 0.29) is 5.82 Å². The van der Waals surface area contributed by atoms with E-state index in [9.17, 15) is 18.3 Å². The van der Waals surface area contributed by atoms with Crippen LogP contribution in [-0.4, -0.2) is 24.9 Å². The Morgan fingerprint density at radius 1 is 1.05 bits per heavy atom. The van der Waals surface area contributed by atoms with Crippen LogP contribution < -0.4 is 0 Å². The first-order valence-corrected chi connectivity index (χ1v) is 5.38. The summed E-state index contributed by atoms with van der Waals surface area (Å²) in [5.74, 6) is -0.552. The Morgan fingerprint density at radius 2 is 1.63 bits per heavy atom. The molecule has 0 fully saturated rings. The zero-order chi connectivity index (χ0) is 14.4. The Balaban J connectivity index is 2.60. The van der Waals surface area contributed by atoms with Crippen LogP contribution in [0, 0.1) is 20.8 Å². The summed E-state index contributed by atoms with van der Waals surface area (Å²) in [6, 6.07) is 0.552. The van der Waals surface area contributed by atoms with Crippen molar-refractivity contribution in [3.63, 3.8) is 0 Å². The van der Waals surface area contributed by atoms with E-state index in [1.165, 1.54) is 0 Å². The molecule has 2 heterocycles. The SMILES string of the molecule is Cc1nc(C)c(-n2nc(C(F)(F)F)cc2O)nc1C. The molecule has 0 amide bonds. The standard InChI is InChI=1S/C11H11F3N4O/c1-5-6(2)16-10(7(3)15-5)18-9(19)4-8(17-18)11(12,13)14/h4,19H,1-3H3. The molecule has 0 aromatic carbocycles. The summed E-state index contributed by atoms with van der Waals surface area (Å²) in [7, 11) is 0. The summed E-state index contributed by atoms with van der Waals surface area (Å²) in [6.07, 6.45) is -4.62. The van der Waals surface area contributed by atoms with Crippen LogP contribution in [0.4, 0.5) is 13.2 Å². The molecule has 0 spiro atoms. The van der Waals surface area contributed by atoms with Crippen molar-refractivity contribution in [1.29, 1.82) is 0 Å². The molecular formula is C11H11F3N4O. The minimum absolute atomic E-state index is 0.0797. The first-order valence-electron chi connectivity index (χ1n) is 5.38. The highest BCUT2D eigenvalue weighted by Crippen LogP contribution is 2.31. The highest BCUT2D eigenvalue weighted by molar-refractivity contribution is 5.35. The second-order valence-electron chi connectivity index (χ2n) is 4.10. The van der Waals surface area contributed by atoms with Crippen LogP contribution in [0.15, 0.2) is 6.07 Å². The molecule has 0 saturated heterocycles. The van der Waals surface area contributed by atoms with E-state index in [4.69, 9.17) is 0 Å². The Hall–Kier alpha value is -2.12. The van der Waals surface area contributed by atoms with Gasteiger partial charge in [-0.3, -0.25) is 4.98 Å². The molecule has 0 unspecified atom stereocenters. The third kappa shape index (κ3) is 2.38. The third-order valence-corrected chi connectivity index (χ3v) is 2.64. The maximum atomic E-state index is 12.5. The van der Waals surface area contributed by atoms with Gasteiger partial charge in [0.25, 0.3) is 0 Å². The number of aromatic nitrogens is 4. The summed E-state index contributed by atoms with van der Waals surface area (Å²) in [6.45, 7) is 5.00. The second kappa shape index (κ2) is 4.22. The summed E-state index contributed by atoms with van der Waals surface area (Å²) < 4.78 is 38.3. The van der Waals surface area contributed by atoms with Gasteiger partial charge in [-0.05, 0) is 20.8 Å². The molecular weight excluding hydrogens is 261 g/mol. The summed E-state index contributed by atoms with van der Waals surface area (Å²) in [4.78, 5) is 8.26. The minimum atomic E-state index is -4.62. The number of halogens is 3. The van der Waals surface area contributed by atoms with Gasteiger partial charge in [0.15, 0.2) is 11.5 Å². The molecule has 0 saturated carbocycles. The summed E-state index contributed by atoms with van der Waals surface area (Å²) in [5.41, 5.74) is 0.438. The van der Waals surface area contributed by atoms with Gasteiger partial charge in [-0.2, -0.15) is 23.0 Å². The van der Waals surface area contributed by atoms with Crippen molar-refractivity contribution in [3.05, 3.63) is 28.8 Å². The van der Waals surface area contributed by atoms with E-state index in [0.717, 1.165) is 4.68 Å². The van der Waals surface area contributed by atoms with Crippen molar-refractivity contribution in [2.75, 3.05) is 0 Å². The highest BCUT2D eigenvalue weighted by Gasteiger charge is 2.35. The minimum Gasteiger partial charge on any atom is -0.493 e. The predicted molar refractivity (Wildman–Crippen MR) is 60.0 cm³/mol. The molecule has 2 aromatic rings. The molecule has 2 rings (SSSR count). The van der Waals surface area contributed by atoms with Gasteiger partial charge in [-0.1, -0.05) is 0 Å². The van der Waals surface area contributed by atoms with Crippen LogP contribution in [0.25, 0.3) is 5.82 Å². The number of alkyl halides is 3. The number of hydrogen-bond donors (Lipinski definition) is 1. The number of hydrogen-bond acceptors (Lipinski definition) is 4. The molecule has 0 radical (unpaired) electrons. The molecule has 102 valence electrons. The fourth-order valence-electron chi connectivity index (χ4n) is 1.57. The van der Waals surface area contributed by atoms with Gasteiger partial charge < -0.3 is 5.11 Å². The predicted octanol–water partition coefficient (Wildman–Crippen LogP) is 2.31. The lowest BCUT2D eigenvalue weighted by atomic mass is 10.3. The van der Waals surface area contributed by atoms with E-state index in [0.29, 0.717) is 23.1 Å². The Morgan fingerprint density at radius 3 is 2.16 bits per heavy atom. The van der Waals surface area contributed by atoms with Gasteiger partial charge >= 0.3 is 6.18 Å². The van der Waals surface area contributed by atoms with E-state index < -0.39 is 17.8 Å². The molecule has 0 aliphatic heterocycles. The molecule has 0 aliphatic rings. The molecule has 0 bridgehead atoms. The lowest BCUT2D eigenvalue weighted by Gasteiger charge is -2.08. The van der Waals surface area contributed by atoms with Crippen LogP contribution in [0.1, 0.15) is 22.8 Å². The highest BCUT2D eigenvalue weighted by atomic mass is 19.4. The Labute approximate surface area is 106 Å². The fraction of sp³-hybridized carbons (Fsp3) is 0.364. The van der Waals surface area contributed by atoms with Gasteiger partial charge in [0.2, 0.25) is 5.88 Å². The van der Waals surface area contributed by atoms with Crippen molar-refractivity contribution in [3.8, 4) is 11.7 Å². The van der Waals surface area contributed by atoms with Crippen LogP contribution in [0.3, 0.4) is 0 Å². The van der Waals surface area contributed by atoms with Crippen LogP contribution in [0.2, 0.25) is 0 Å². The van der Waals surface area contributed by atoms with E-state index in [1.54, 1.807) is 20.8 Å². The van der Waals surface area contributed by atoms with Gasteiger partial charge in [-0.15, -0.1) is 0 Å². The zero-order valence-electron chi connectivity index (χ0n) is 10.4. The maximum Gasteiger partial charge on any atom is 0.435 e. The number of aryl methyl sites for hydroxylation is 3. The smallest absolute Gasteiger partial charge is 0.435 e. The summed E-state index contributed by atoms with van der Waals surface area (Å²) >= 11 is 0. The lowest BCUT2D eigenvalue weighted by Crippen LogP contribution is -2.10. The second-order valence-corrected chi connectivity index (χ2v) is 4.10. The summed E-state index contributed by atoms with van der Waals surface area (Å²) in [5, 5.41) is 12.9. The molecule has 0 atom stereocenters. The Kier molecular flexibility index (Phi) is 2.95. The van der Waals surface area contributed by atoms with Gasteiger partial charge in [0.05, 0.1) is 17.1 Å². The van der Waals surface area contributed by atoms with E-state index >= 15 is 0 Å². The van der Waals surface area contributed by atoms with Crippen LogP contribution in [-0.2, 0) is 6.18 Å². The number of nitrogens with zero attached hydrogens (tertiary/aromatic N) is 4. The van der Waals surface area contributed by atoms with Gasteiger partial charge in [0, 0.05) is 6.07 Å². The van der Waals surface area contributed by atoms with Crippen molar-refractivity contribution in [1.82, 2.24) is 19.7 Å². The first kappa shape index (κ1) is 13.3. The van der Waals surface area contributed by atoms with Gasteiger partial charge in [-0.25, -0.2) is 4.98 Å². The number of rotatable bonds is 1. The van der Waals surface area contributed by atoms with Crippen LogP contribution in [0.5, 0.6) is 5.88 Å². The average Bonchev–Trinajstić information content (AvgIpc) is 2.65. The Bertz CT molecular complexity index is 634. The molecule has 0 aliphatic carbocycles. The zero-order valence-corrected chi connectivity index (χ0v) is 10.4. The maximum absolute atomic E-state index is 12.5. The molecule has 2 aromatic heterocycles. The van der Waals surface area contributed by atoms with E-state index in [2.05, 4.69) is 15.1 Å². The first-order chi connectivity index (χ1) is 8.70. The largest absolute Gasteiger partial charge is 0.493 e. The van der Waals surface area contributed by atoms with Crippen LogP contribution >= 0.6 is 0 Å². The number of aromatic hydroxyl groups is 1. The van der Waals surface area contributed by atoms with Gasteiger partial charge in [0.1, 0.15) is 0 Å². The van der Waals surface area contributed by atoms with E-state index in [1.807, 2.05) is 0 Å². The van der Waals surface area contributed by atoms with Crippen molar-refractivity contribution < 1.29 is 18.3 Å². The quantitative estimate of drug-likeness (QED) is 0.865. The molecule has 1 N–H and O–H groups in total. The molecule has 8 heteroatoms. The van der Waals surface area contributed by atoms with Crippen molar-refractivity contribution in [2.24, 2.45) is 0 Å². The average molecular weight is 272 g/mol. The van der Waals surface area contributed by atoms with Crippen molar-refractivity contribution >= 4 is 0 Å². The molecule has 5 nitrogen and oxygen atoms in total. The fourth-order valence-corrected chi connectivity index (χ4v) is 1.57. The third-order valence-electron chi connectivity index (χ3n) is 2.64. The van der Waals surface area contributed by atoms with Crippen molar-refractivity contribution in [2.45, 2.75) is 26.9 Å². The molecule has 19 heavy (non-hydrogen) atoms. The monoisotopic (exact) mass is 272 g/mol. The lowest BCUT2D eigenvalue weighted by molar-refractivity contribution is -0.141. The normalized spacial score (nSPS) is 11.9. The topological polar surface area (TPSA) is 63.8 Å².